The Morgan fingerprint density at radius 1 is 1.18 bits per heavy atom. The number of carbonyl (C=O) groups is 2. The minimum Gasteiger partial charge on any atom is -0.464 e. The number of halogens is 1. The third kappa shape index (κ3) is 4.73. The molecule has 6 heteroatoms. The fraction of sp³-hybridized carbons (Fsp3) is 0.273. The van der Waals surface area contributed by atoms with Crippen molar-refractivity contribution in [3.05, 3.63) is 69.9 Å². The maximum absolute atomic E-state index is 12.1. The van der Waals surface area contributed by atoms with Crippen molar-refractivity contribution in [3.63, 3.8) is 0 Å². The van der Waals surface area contributed by atoms with Gasteiger partial charge >= 0.3 is 5.97 Å². The second kappa shape index (κ2) is 8.48. The molecular weight excluding hydrogens is 378 g/mol. The highest BCUT2D eigenvalue weighted by Gasteiger charge is 2.15. The van der Waals surface area contributed by atoms with Gasteiger partial charge in [-0.1, -0.05) is 23.7 Å². The summed E-state index contributed by atoms with van der Waals surface area (Å²) in [5.41, 5.74) is 4.61. The molecule has 0 saturated heterocycles. The average molecular weight is 400 g/mol. The lowest BCUT2D eigenvalue weighted by Gasteiger charge is -2.14. The van der Waals surface area contributed by atoms with Crippen molar-refractivity contribution in [1.82, 2.24) is 5.32 Å². The molecule has 2 aromatic carbocycles. The van der Waals surface area contributed by atoms with E-state index in [9.17, 15) is 9.59 Å². The monoisotopic (exact) mass is 399 g/mol. The molecule has 0 spiro atoms. The molecule has 0 aliphatic rings. The lowest BCUT2D eigenvalue weighted by atomic mass is 10.0. The van der Waals surface area contributed by atoms with E-state index in [2.05, 4.69) is 5.32 Å². The molecule has 1 N–H and O–H groups in total. The molecule has 1 aromatic heterocycles. The van der Waals surface area contributed by atoms with E-state index in [1.165, 1.54) is 0 Å². The van der Waals surface area contributed by atoms with Crippen LogP contribution < -0.4 is 5.32 Å². The van der Waals surface area contributed by atoms with Crippen LogP contribution >= 0.6 is 11.6 Å². The first-order valence-electron chi connectivity index (χ1n) is 9.01. The Labute approximate surface area is 168 Å². The van der Waals surface area contributed by atoms with Crippen molar-refractivity contribution in [2.75, 3.05) is 6.61 Å². The van der Waals surface area contributed by atoms with Crippen molar-refractivity contribution < 1.29 is 18.7 Å². The number of carbonyl (C=O) groups excluding carboxylic acids is 2. The normalized spacial score (nSPS) is 12.0. The first-order chi connectivity index (χ1) is 13.3. The summed E-state index contributed by atoms with van der Waals surface area (Å²) in [6, 6.07) is 10.9. The van der Waals surface area contributed by atoms with Crippen LogP contribution in [0.1, 0.15) is 35.2 Å². The summed E-state index contributed by atoms with van der Waals surface area (Å²) in [7, 11) is 0. The number of amides is 1. The Morgan fingerprint density at radius 3 is 2.68 bits per heavy atom. The Balaban J connectivity index is 1.54. The molecule has 0 fully saturated rings. The Kier molecular flexibility index (Phi) is 6.05. The SMILES string of the molecule is Cc1cc2occ(CC(=O)OCC(=O)N[C@@H](C)c3cccc(Cl)c3)c2cc1C. The van der Waals surface area contributed by atoms with Crippen LogP contribution in [0.4, 0.5) is 0 Å². The minimum absolute atomic E-state index is 0.0482. The fourth-order valence-electron chi connectivity index (χ4n) is 2.97. The number of furan rings is 1. The highest BCUT2D eigenvalue weighted by Crippen LogP contribution is 2.25. The first kappa shape index (κ1) is 20.0. The molecule has 1 atom stereocenters. The molecular formula is C22H22ClNO4. The zero-order valence-electron chi connectivity index (χ0n) is 16.0. The number of hydrogen-bond donors (Lipinski definition) is 1. The predicted molar refractivity (Wildman–Crippen MR) is 108 cm³/mol. The molecule has 0 unspecified atom stereocenters. The van der Waals surface area contributed by atoms with E-state index in [1.807, 2.05) is 45.0 Å². The van der Waals surface area contributed by atoms with Crippen LogP contribution in [-0.4, -0.2) is 18.5 Å². The van der Waals surface area contributed by atoms with E-state index in [1.54, 1.807) is 18.4 Å². The molecule has 0 aliphatic heterocycles. The van der Waals surface area contributed by atoms with E-state index in [0.717, 1.165) is 33.2 Å². The number of ether oxygens (including phenoxy) is 1. The summed E-state index contributed by atoms with van der Waals surface area (Å²) in [5, 5.41) is 4.28. The van der Waals surface area contributed by atoms with Gasteiger partial charge in [-0.2, -0.15) is 0 Å². The van der Waals surface area contributed by atoms with Crippen molar-refractivity contribution in [3.8, 4) is 0 Å². The summed E-state index contributed by atoms with van der Waals surface area (Å²) in [4.78, 5) is 24.2. The van der Waals surface area contributed by atoms with Gasteiger partial charge in [0.1, 0.15) is 5.58 Å². The standard InChI is InChI=1S/C22H22ClNO4/c1-13-7-19-17(11-27-20(19)8-14(13)2)10-22(26)28-12-21(25)24-15(3)16-5-4-6-18(23)9-16/h4-9,11,15H,10,12H2,1-3H3,(H,24,25)/t15-/m0/s1. The molecule has 0 bridgehead atoms. The zero-order chi connectivity index (χ0) is 20.3. The maximum atomic E-state index is 12.1. The largest absolute Gasteiger partial charge is 0.464 e. The summed E-state index contributed by atoms with van der Waals surface area (Å²) in [5.74, 6) is -0.851. The lowest BCUT2D eigenvalue weighted by Crippen LogP contribution is -2.31. The predicted octanol–water partition coefficient (Wildman–Crippen LogP) is 4.67. The highest BCUT2D eigenvalue weighted by atomic mass is 35.5. The van der Waals surface area contributed by atoms with E-state index in [-0.39, 0.29) is 25.0 Å². The molecule has 28 heavy (non-hydrogen) atoms. The Hall–Kier alpha value is -2.79. The van der Waals surface area contributed by atoms with E-state index < -0.39 is 5.97 Å². The number of esters is 1. The van der Waals surface area contributed by atoms with Gasteiger partial charge in [0.2, 0.25) is 0 Å². The van der Waals surface area contributed by atoms with E-state index in [0.29, 0.717) is 5.02 Å². The molecule has 5 nitrogen and oxygen atoms in total. The van der Waals surface area contributed by atoms with Crippen LogP contribution in [0.3, 0.4) is 0 Å². The van der Waals surface area contributed by atoms with Crippen LogP contribution in [0.15, 0.2) is 47.1 Å². The van der Waals surface area contributed by atoms with Crippen molar-refractivity contribution >= 4 is 34.4 Å². The van der Waals surface area contributed by atoms with Crippen molar-refractivity contribution in [1.29, 1.82) is 0 Å². The molecule has 146 valence electrons. The van der Waals surface area contributed by atoms with E-state index >= 15 is 0 Å². The molecule has 3 rings (SSSR count). The number of nitrogens with one attached hydrogen (secondary N) is 1. The van der Waals surface area contributed by atoms with Gasteiger partial charge in [0.25, 0.3) is 5.91 Å². The Bertz CT molecular complexity index is 1020. The minimum atomic E-state index is -0.480. The first-order valence-corrected chi connectivity index (χ1v) is 9.39. The number of hydrogen-bond acceptors (Lipinski definition) is 4. The topological polar surface area (TPSA) is 68.5 Å². The summed E-state index contributed by atoms with van der Waals surface area (Å²) in [6.45, 7) is 5.52. The second-order valence-electron chi connectivity index (χ2n) is 6.88. The summed E-state index contributed by atoms with van der Waals surface area (Å²) < 4.78 is 10.6. The van der Waals surface area contributed by atoms with Crippen molar-refractivity contribution in [2.24, 2.45) is 0 Å². The third-order valence-corrected chi connectivity index (χ3v) is 4.93. The van der Waals surface area contributed by atoms with Crippen molar-refractivity contribution in [2.45, 2.75) is 33.2 Å². The summed E-state index contributed by atoms with van der Waals surface area (Å²) >= 11 is 5.97. The van der Waals surface area contributed by atoms with Crippen LogP contribution in [0.2, 0.25) is 5.02 Å². The van der Waals surface area contributed by atoms with Gasteiger partial charge in [0.05, 0.1) is 18.7 Å². The molecule has 1 heterocycles. The average Bonchev–Trinajstić information content (AvgIpc) is 3.02. The van der Waals surface area contributed by atoms with E-state index in [4.69, 9.17) is 20.8 Å². The maximum Gasteiger partial charge on any atom is 0.310 e. The van der Waals surface area contributed by atoms with Crippen LogP contribution in [0, 0.1) is 13.8 Å². The molecule has 0 saturated carbocycles. The van der Waals surface area contributed by atoms with Gasteiger partial charge < -0.3 is 14.5 Å². The van der Waals surface area contributed by atoms with Crippen LogP contribution in [-0.2, 0) is 20.7 Å². The van der Waals surface area contributed by atoms with Gasteiger partial charge in [-0.05, 0) is 61.7 Å². The molecule has 0 aliphatic carbocycles. The Morgan fingerprint density at radius 2 is 1.93 bits per heavy atom. The molecule has 0 radical (unpaired) electrons. The van der Waals surface area contributed by atoms with Crippen LogP contribution in [0.25, 0.3) is 11.0 Å². The van der Waals surface area contributed by atoms with Crippen LogP contribution in [0.5, 0.6) is 0 Å². The number of aryl methyl sites for hydroxylation is 2. The number of benzene rings is 2. The quantitative estimate of drug-likeness (QED) is 0.612. The lowest BCUT2D eigenvalue weighted by molar-refractivity contribution is -0.148. The smallest absolute Gasteiger partial charge is 0.310 e. The second-order valence-corrected chi connectivity index (χ2v) is 7.31. The zero-order valence-corrected chi connectivity index (χ0v) is 16.8. The third-order valence-electron chi connectivity index (χ3n) is 4.70. The molecule has 3 aromatic rings. The highest BCUT2D eigenvalue weighted by molar-refractivity contribution is 6.30. The summed E-state index contributed by atoms with van der Waals surface area (Å²) in [6.07, 6.45) is 1.61. The van der Waals surface area contributed by atoms with Gasteiger partial charge in [0, 0.05) is 16.0 Å². The molecule has 1 amide bonds. The van der Waals surface area contributed by atoms with Gasteiger partial charge in [0.15, 0.2) is 6.61 Å². The van der Waals surface area contributed by atoms with Gasteiger partial charge in [-0.25, -0.2) is 0 Å². The fourth-order valence-corrected chi connectivity index (χ4v) is 3.17. The number of fused-ring (bicyclic) bond motifs is 1. The number of rotatable bonds is 6. The van der Waals surface area contributed by atoms with Gasteiger partial charge in [-0.3, -0.25) is 9.59 Å². The van der Waals surface area contributed by atoms with Gasteiger partial charge in [-0.15, -0.1) is 0 Å².